The fourth-order valence-electron chi connectivity index (χ4n) is 3.68. The van der Waals surface area contributed by atoms with Crippen LogP contribution >= 0.6 is 0 Å². The summed E-state index contributed by atoms with van der Waals surface area (Å²) in [6.07, 6.45) is 2.98. The summed E-state index contributed by atoms with van der Waals surface area (Å²) >= 11 is 0. The molecule has 1 N–H and O–H groups in total. The lowest BCUT2D eigenvalue weighted by atomic mass is 9.94. The van der Waals surface area contributed by atoms with Gasteiger partial charge in [-0.2, -0.15) is 4.31 Å². The van der Waals surface area contributed by atoms with Gasteiger partial charge in [-0.05, 0) is 36.8 Å². The topological polar surface area (TPSA) is 67.2 Å². The van der Waals surface area contributed by atoms with Gasteiger partial charge in [-0.1, -0.05) is 29.8 Å². The van der Waals surface area contributed by atoms with Crippen LogP contribution in [-0.4, -0.2) is 41.4 Å². The summed E-state index contributed by atoms with van der Waals surface area (Å²) in [6, 6.07) is 14.1. The van der Waals surface area contributed by atoms with Gasteiger partial charge in [0.05, 0.1) is 6.33 Å². The van der Waals surface area contributed by atoms with Gasteiger partial charge in [0.2, 0.25) is 0 Å². The third-order valence-electron chi connectivity index (χ3n) is 5.27. The molecule has 152 valence electrons. The number of hydrogen-bond donors (Lipinski definition) is 1. The molecule has 3 aromatic rings. The van der Waals surface area contributed by atoms with Crippen molar-refractivity contribution in [2.45, 2.75) is 23.9 Å². The van der Waals surface area contributed by atoms with Crippen LogP contribution in [0.5, 0.6) is 0 Å². The number of rotatable bonds is 5. The van der Waals surface area contributed by atoms with Crippen LogP contribution < -0.4 is 5.32 Å². The Labute approximate surface area is 170 Å². The monoisotopic (exact) mass is 414 g/mol. The highest BCUT2D eigenvalue weighted by Gasteiger charge is 2.41. The quantitative estimate of drug-likeness (QED) is 0.697. The fourth-order valence-corrected chi connectivity index (χ4v) is 5.13. The van der Waals surface area contributed by atoms with E-state index in [1.165, 1.54) is 29.0 Å². The van der Waals surface area contributed by atoms with Crippen LogP contribution in [-0.2, 0) is 17.1 Å². The summed E-state index contributed by atoms with van der Waals surface area (Å²) in [5.74, 6) is -0.428. The van der Waals surface area contributed by atoms with Gasteiger partial charge >= 0.3 is 0 Å². The van der Waals surface area contributed by atoms with Crippen LogP contribution in [0.1, 0.15) is 17.0 Å². The number of halogens is 1. The van der Waals surface area contributed by atoms with Crippen molar-refractivity contribution in [2.24, 2.45) is 7.05 Å². The second kappa shape index (κ2) is 7.61. The summed E-state index contributed by atoms with van der Waals surface area (Å²) in [4.78, 5) is 4.02. The van der Waals surface area contributed by atoms with Gasteiger partial charge in [-0.25, -0.2) is 17.8 Å². The first kappa shape index (κ1) is 19.6. The third-order valence-corrected chi connectivity index (χ3v) is 6.99. The highest BCUT2D eigenvalue weighted by atomic mass is 32.2. The van der Waals surface area contributed by atoms with E-state index in [-0.39, 0.29) is 22.8 Å². The van der Waals surface area contributed by atoms with E-state index in [0.717, 1.165) is 16.8 Å². The number of benzene rings is 2. The molecule has 1 saturated heterocycles. The van der Waals surface area contributed by atoms with Crippen molar-refractivity contribution < 1.29 is 12.8 Å². The second-order valence-electron chi connectivity index (χ2n) is 7.47. The minimum absolute atomic E-state index is 0.0360. The lowest BCUT2D eigenvalue weighted by molar-refractivity contribution is 0.468. The maximum atomic E-state index is 13.4. The number of aromatic nitrogens is 2. The second-order valence-corrected chi connectivity index (χ2v) is 9.36. The van der Waals surface area contributed by atoms with E-state index in [2.05, 4.69) is 10.3 Å². The average molecular weight is 415 g/mol. The molecule has 0 saturated carbocycles. The maximum Gasteiger partial charge on any atom is 0.262 e. The molecule has 4 rings (SSSR count). The van der Waals surface area contributed by atoms with Gasteiger partial charge in [0, 0.05) is 44.0 Å². The molecule has 1 aliphatic rings. The predicted octanol–water partition coefficient (Wildman–Crippen LogP) is 3.14. The molecule has 2 heterocycles. The Bertz CT molecular complexity index is 1090. The number of nitrogens with zero attached hydrogens (tertiary/aromatic N) is 3. The molecule has 6 nitrogen and oxygen atoms in total. The Morgan fingerprint density at radius 1 is 1.07 bits per heavy atom. The van der Waals surface area contributed by atoms with Crippen LogP contribution in [0, 0.1) is 12.7 Å². The number of hydrogen-bond acceptors (Lipinski definition) is 4. The average Bonchev–Trinajstić information content (AvgIpc) is 3.32. The normalized spacial score (nSPS) is 20.1. The first-order valence-electron chi connectivity index (χ1n) is 9.40. The van der Waals surface area contributed by atoms with Crippen molar-refractivity contribution in [2.75, 3.05) is 18.4 Å². The Morgan fingerprint density at radius 2 is 1.76 bits per heavy atom. The van der Waals surface area contributed by atoms with E-state index in [4.69, 9.17) is 0 Å². The molecule has 0 spiro atoms. The maximum absolute atomic E-state index is 13.4. The molecule has 0 radical (unpaired) electrons. The molecule has 1 aromatic heterocycles. The molecule has 29 heavy (non-hydrogen) atoms. The van der Waals surface area contributed by atoms with Gasteiger partial charge in [-0.15, -0.1) is 0 Å². The van der Waals surface area contributed by atoms with E-state index in [1.54, 1.807) is 23.7 Å². The van der Waals surface area contributed by atoms with Crippen molar-refractivity contribution in [3.05, 3.63) is 78.0 Å². The molecule has 1 fully saturated rings. The van der Waals surface area contributed by atoms with Crippen LogP contribution in [0.3, 0.4) is 0 Å². The van der Waals surface area contributed by atoms with Gasteiger partial charge in [0.25, 0.3) is 10.0 Å². The van der Waals surface area contributed by atoms with Crippen molar-refractivity contribution in [3.63, 3.8) is 0 Å². The first-order chi connectivity index (χ1) is 13.8. The molecule has 0 amide bonds. The molecular weight excluding hydrogens is 391 g/mol. The number of anilines is 1. The summed E-state index contributed by atoms with van der Waals surface area (Å²) in [5, 5.41) is 3.50. The highest BCUT2D eigenvalue weighted by molar-refractivity contribution is 7.89. The number of aryl methyl sites for hydroxylation is 2. The van der Waals surface area contributed by atoms with Gasteiger partial charge in [0.1, 0.15) is 5.82 Å². The SMILES string of the molecule is Cc1ccc(N[C@@H]2CN(S(=O)(=O)c3cn(C)cn3)C[C@H]2c2ccc(F)cc2)cc1. The number of nitrogens with one attached hydrogen (secondary N) is 1. The van der Waals surface area contributed by atoms with Gasteiger partial charge < -0.3 is 9.88 Å². The van der Waals surface area contributed by atoms with Crippen LogP contribution in [0.2, 0.25) is 0 Å². The van der Waals surface area contributed by atoms with Crippen LogP contribution in [0.4, 0.5) is 10.1 Å². The molecule has 8 heteroatoms. The Kier molecular flexibility index (Phi) is 5.14. The number of sulfonamides is 1. The van der Waals surface area contributed by atoms with Crippen molar-refractivity contribution in [1.29, 1.82) is 0 Å². The Morgan fingerprint density at radius 3 is 2.38 bits per heavy atom. The van der Waals surface area contributed by atoms with E-state index < -0.39 is 10.0 Å². The zero-order valence-corrected chi connectivity index (χ0v) is 17.1. The Hall–Kier alpha value is -2.71. The van der Waals surface area contributed by atoms with Gasteiger partial charge in [-0.3, -0.25) is 0 Å². The standard InChI is InChI=1S/C21H23FN4O2S/c1-15-3-9-18(10-4-15)24-20-12-26(29(27,28)21-13-25(2)14-23-21)11-19(20)16-5-7-17(22)8-6-16/h3-10,13-14,19-20,24H,11-12H2,1-2H3/t19-,20+/m0/s1. The van der Waals surface area contributed by atoms with Crippen LogP contribution in [0.25, 0.3) is 0 Å². The van der Waals surface area contributed by atoms with E-state index in [9.17, 15) is 12.8 Å². The third kappa shape index (κ3) is 4.04. The smallest absolute Gasteiger partial charge is 0.262 e. The molecule has 0 aliphatic carbocycles. The largest absolute Gasteiger partial charge is 0.380 e. The lowest BCUT2D eigenvalue weighted by Crippen LogP contribution is -2.32. The molecule has 0 unspecified atom stereocenters. The highest BCUT2D eigenvalue weighted by Crippen LogP contribution is 2.33. The van der Waals surface area contributed by atoms with Gasteiger partial charge in [0.15, 0.2) is 5.03 Å². The van der Waals surface area contributed by atoms with E-state index >= 15 is 0 Å². The van der Waals surface area contributed by atoms with E-state index in [1.807, 2.05) is 31.2 Å². The minimum atomic E-state index is -3.71. The zero-order valence-electron chi connectivity index (χ0n) is 16.3. The van der Waals surface area contributed by atoms with Crippen molar-refractivity contribution >= 4 is 15.7 Å². The van der Waals surface area contributed by atoms with Crippen LogP contribution in [0.15, 0.2) is 66.1 Å². The summed E-state index contributed by atoms with van der Waals surface area (Å²) in [7, 11) is -1.98. The molecule has 0 bridgehead atoms. The summed E-state index contributed by atoms with van der Waals surface area (Å²) in [5.41, 5.74) is 2.97. The summed E-state index contributed by atoms with van der Waals surface area (Å²) < 4.78 is 42.6. The van der Waals surface area contributed by atoms with E-state index in [0.29, 0.717) is 13.1 Å². The molecule has 2 atom stereocenters. The summed E-state index contributed by atoms with van der Waals surface area (Å²) in [6.45, 7) is 2.62. The fraction of sp³-hybridized carbons (Fsp3) is 0.286. The molecular formula is C21H23FN4O2S. The molecule has 2 aromatic carbocycles. The number of imidazole rings is 1. The predicted molar refractivity (Wildman–Crippen MR) is 110 cm³/mol. The first-order valence-corrected chi connectivity index (χ1v) is 10.8. The van der Waals surface area contributed by atoms with Crippen molar-refractivity contribution in [1.82, 2.24) is 13.9 Å². The Balaban J connectivity index is 1.65. The zero-order chi connectivity index (χ0) is 20.6. The molecule has 1 aliphatic heterocycles. The minimum Gasteiger partial charge on any atom is -0.380 e. The lowest BCUT2D eigenvalue weighted by Gasteiger charge is -2.21. The van der Waals surface area contributed by atoms with Crippen molar-refractivity contribution in [3.8, 4) is 0 Å².